The molecule has 0 atom stereocenters. The summed E-state index contributed by atoms with van der Waals surface area (Å²) in [6.07, 6.45) is 2.59. The molecular weight excluding hydrogens is 411 g/mol. The second-order valence-corrected chi connectivity index (χ2v) is 7.86. The maximum atomic E-state index is 13.6. The molecule has 0 saturated carbocycles. The van der Waals surface area contributed by atoms with Crippen molar-refractivity contribution in [3.8, 4) is 0 Å². The summed E-state index contributed by atoms with van der Waals surface area (Å²) in [5.74, 6) is -0.0486. The average Bonchev–Trinajstić information content (AvgIpc) is 2.59. The highest BCUT2D eigenvalue weighted by atomic mass is 79.9. The fourth-order valence-electron chi connectivity index (χ4n) is 2.09. The van der Waals surface area contributed by atoms with Crippen LogP contribution in [0.5, 0.6) is 0 Å². The van der Waals surface area contributed by atoms with Crippen molar-refractivity contribution in [3.05, 3.63) is 52.4 Å². The largest absolute Gasteiger partial charge is 0.261 e. The zero-order chi connectivity index (χ0) is 18.4. The van der Waals surface area contributed by atoms with Crippen LogP contribution in [0.15, 0.2) is 51.0 Å². The fraction of sp³-hybridized carbons (Fsp3) is 0.250. The first kappa shape index (κ1) is 19.5. The lowest BCUT2D eigenvalue weighted by Gasteiger charge is -2.18. The minimum absolute atomic E-state index is 0.115. The van der Waals surface area contributed by atoms with E-state index in [-0.39, 0.29) is 4.90 Å². The molecule has 0 aliphatic rings. The Morgan fingerprint density at radius 3 is 2.60 bits per heavy atom. The zero-order valence-electron chi connectivity index (χ0n) is 13.8. The summed E-state index contributed by atoms with van der Waals surface area (Å²) < 4.78 is 40.4. The first-order valence-electron chi connectivity index (χ1n) is 7.58. The summed E-state index contributed by atoms with van der Waals surface area (Å²) in [6.45, 7) is 4.34. The lowest BCUT2D eigenvalue weighted by atomic mass is 10.2. The maximum absolute atomic E-state index is 13.6. The molecule has 1 aromatic carbocycles. The van der Waals surface area contributed by atoms with E-state index >= 15 is 0 Å². The van der Waals surface area contributed by atoms with E-state index in [0.29, 0.717) is 24.5 Å². The van der Waals surface area contributed by atoms with Gasteiger partial charge in [-0.2, -0.15) is 9.41 Å². The molecule has 0 aliphatic heterocycles. The van der Waals surface area contributed by atoms with Crippen molar-refractivity contribution in [2.24, 2.45) is 5.10 Å². The minimum Gasteiger partial charge on any atom is -0.261 e. The molecule has 0 aliphatic carbocycles. The van der Waals surface area contributed by atoms with E-state index in [2.05, 4.69) is 31.4 Å². The number of nitrogens with one attached hydrogen (secondary N) is 1. The first-order chi connectivity index (χ1) is 11.9. The van der Waals surface area contributed by atoms with Gasteiger partial charge in [0, 0.05) is 29.3 Å². The molecule has 0 spiro atoms. The van der Waals surface area contributed by atoms with Gasteiger partial charge in [0.2, 0.25) is 10.0 Å². The molecule has 6 nitrogen and oxygen atoms in total. The lowest BCUT2D eigenvalue weighted by Crippen LogP contribution is -2.30. The van der Waals surface area contributed by atoms with Gasteiger partial charge in [-0.25, -0.2) is 17.8 Å². The standard InChI is InChI=1S/C16H18BrFN4O2S/c1-3-22(4-2)25(23,24)14-6-8-16(19-11-14)21-20-10-12-9-13(17)5-7-15(12)18/h5-11H,3-4H2,1-2H3,(H,19,21)/b20-10+. The van der Waals surface area contributed by atoms with Gasteiger partial charge in [-0.3, -0.25) is 5.43 Å². The molecule has 1 N–H and O–H groups in total. The van der Waals surface area contributed by atoms with Gasteiger partial charge in [-0.05, 0) is 30.3 Å². The first-order valence-corrected chi connectivity index (χ1v) is 9.82. The maximum Gasteiger partial charge on any atom is 0.244 e. The van der Waals surface area contributed by atoms with Crippen LogP contribution in [0.4, 0.5) is 10.2 Å². The third kappa shape index (κ3) is 4.83. The minimum atomic E-state index is -3.54. The molecule has 0 amide bonds. The van der Waals surface area contributed by atoms with Gasteiger partial charge in [-0.15, -0.1) is 0 Å². The number of hydrogen-bond acceptors (Lipinski definition) is 5. The Kier molecular flexibility index (Phi) is 6.63. The highest BCUT2D eigenvalue weighted by molar-refractivity contribution is 9.10. The van der Waals surface area contributed by atoms with Gasteiger partial charge in [0.25, 0.3) is 0 Å². The SMILES string of the molecule is CCN(CC)S(=O)(=O)c1ccc(N/N=C/c2cc(Br)ccc2F)nc1. The van der Waals surface area contributed by atoms with E-state index in [0.717, 1.165) is 4.47 Å². The Labute approximate surface area is 155 Å². The van der Waals surface area contributed by atoms with Gasteiger partial charge in [0.05, 0.1) is 6.21 Å². The summed E-state index contributed by atoms with van der Waals surface area (Å²) >= 11 is 3.26. The van der Waals surface area contributed by atoms with Gasteiger partial charge in [0.15, 0.2) is 0 Å². The van der Waals surface area contributed by atoms with Crippen LogP contribution in [0.1, 0.15) is 19.4 Å². The van der Waals surface area contributed by atoms with Crippen LogP contribution in [-0.4, -0.2) is 37.0 Å². The van der Waals surface area contributed by atoms with Crippen molar-refractivity contribution in [2.45, 2.75) is 18.7 Å². The molecule has 1 aromatic heterocycles. The molecule has 25 heavy (non-hydrogen) atoms. The Bertz CT molecular complexity index is 853. The van der Waals surface area contributed by atoms with Gasteiger partial charge in [-0.1, -0.05) is 29.8 Å². The smallest absolute Gasteiger partial charge is 0.244 e. The molecule has 0 unspecified atom stereocenters. The van der Waals surface area contributed by atoms with Crippen LogP contribution >= 0.6 is 15.9 Å². The molecule has 0 radical (unpaired) electrons. The number of halogens is 2. The number of pyridine rings is 1. The average molecular weight is 429 g/mol. The highest BCUT2D eigenvalue weighted by Gasteiger charge is 2.21. The molecule has 2 rings (SSSR count). The second kappa shape index (κ2) is 8.50. The van der Waals surface area contributed by atoms with E-state index in [4.69, 9.17) is 0 Å². The number of benzene rings is 1. The van der Waals surface area contributed by atoms with Crippen molar-refractivity contribution >= 4 is 38.0 Å². The van der Waals surface area contributed by atoms with Crippen molar-refractivity contribution in [3.63, 3.8) is 0 Å². The third-order valence-corrected chi connectivity index (χ3v) is 5.95. The van der Waals surface area contributed by atoms with Crippen LogP contribution in [0, 0.1) is 5.82 Å². The summed E-state index contributed by atoms with van der Waals surface area (Å²) in [7, 11) is -3.54. The summed E-state index contributed by atoms with van der Waals surface area (Å²) in [4.78, 5) is 4.15. The predicted octanol–water partition coefficient (Wildman–Crippen LogP) is 3.46. The van der Waals surface area contributed by atoms with Crippen molar-refractivity contribution in [2.75, 3.05) is 18.5 Å². The van der Waals surface area contributed by atoms with E-state index in [1.807, 2.05) is 0 Å². The van der Waals surface area contributed by atoms with Gasteiger partial charge >= 0.3 is 0 Å². The summed E-state index contributed by atoms with van der Waals surface area (Å²) in [5, 5.41) is 3.91. The number of anilines is 1. The molecular formula is C16H18BrFN4O2S. The van der Waals surface area contributed by atoms with E-state index in [1.165, 1.54) is 34.9 Å². The molecule has 134 valence electrons. The van der Waals surface area contributed by atoms with Crippen LogP contribution in [0.3, 0.4) is 0 Å². The Morgan fingerprint density at radius 2 is 2.00 bits per heavy atom. The quantitative estimate of drug-likeness (QED) is 0.541. The van der Waals surface area contributed by atoms with E-state index < -0.39 is 15.8 Å². The number of sulfonamides is 1. The zero-order valence-corrected chi connectivity index (χ0v) is 16.2. The number of rotatable bonds is 7. The molecule has 1 heterocycles. The topological polar surface area (TPSA) is 74.7 Å². The van der Waals surface area contributed by atoms with Crippen LogP contribution in [0.2, 0.25) is 0 Å². The summed E-state index contributed by atoms with van der Waals surface area (Å²) in [6, 6.07) is 7.48. The second-order valence-electron chi connectivity index (χ2n) is 5.00. The van der Waals surface area contributed by atoms with Crippen molar-refractivity contribution in [1.29, 1.82) is 0 Å². The fourth-order valence-corrected chi connectivity index (χ4v) is 3.88. The predicted molar refractivity (Wildman–Crippen MR) is 99.7 cm³/mol. The summed E-state index contributed by atoms with van der Waals surface area (Å²) in [5.41, 5.74) is 2.95. The number of hydrogen-bond donors (Lipinski definition) is 1. The van der Waals surface area contributed by atoms with Crippen LogP contribution < -0.4 is 5.43 Å². The monoisotopic (exact) mass is 428 g/mol. The van der Waals surface area contributed by atoms with Gasteiger partial charge < -0.3 is 0 Å². The number of nitrogens with zero attached hydrogens (tertiary/aromatic N) is 3. The highest BCUT2D eigenvalue weighted by Crippen LogP contribution is 2.16. The van der Waals surface area contributed by atoms with Gasteiger partial charge in [0.1, 0.15) is 16.5 Å². The Hall–Kier alpha value is -1.84. The normalized spacial score (nSPS) is 12.0. The molecule has 0 fully saturated rings. The van der Waals surface area contributed by atoms with Crippen LogP contribution in [0.25, 0.3) is 0 Å². The molecule has 9 heteroatoms. The Balaban J connectivity index is 2.10. The Morgan fingerprint density at radius 1 is 1.28 bits per heavy atom. The van der Waals surface area contributed by atoms with Crippen molar-refractivity contribution in [1.82, 2.24) is 9.29 Å². The molecule has 2 aromatic rings. The number of aromatic nitrogens is 1. The number of hydrazone groups is 1. The third-order valence-electron chi connectivity index (χ3n) is 3.42. The van der Waals surface area contributed by atoms with Crippen LogP contribution in [-0.2, 0) is 10.0 Å². The van der Waals surface area contributed by atoms with Crippen molar-refractivity contribution < 1.29 is 12.8 Å². The van der Waals surface area contributed by atoms with E-state index in [1.54, 1.807) is 26.0 Å². The molecule has 0 saturated heterocycles. The molecule has 0 bridgehead atoms. The lowest BCUT2D eigenvalue weighted by molar-refractivity contribution is 0.445. The van der Waals surface area contributed by atoms with E-state index in [9.17, 15) is 12.8 Å².